The average molecular weight is 235 g/mol. The number of hydrogen-bond acceptors (Lipinski definition) is 5. The molecule has 0 aliphatic heterocycles. The fourth-order valence-electron chi connectivity index (χ4n) is 0.411. The van der Waals surface area contributed by atoms with Gasteiger partial charge in [-0.3, -0.25) is 9.08 Å². The third-order valence-electron chi connectivity index (χ3n) is 0.941. The van der Waals surface area contributed by atoms with Crippen molar-refractivity contribution in [1.29, 1.82) is 0 Å². The molecule has 0 saturated carbocycles. The molecule has 0 aliphatic rings. The van der Waals surface area contributed by atoms with Crippen LogP contribution in [0.2, 0.25) is 0 Å². The quantitative estimate of drug-likeness (QED) is 0.385. The lowest BCUT2D eigenvalue weighted by molar-refractivity contribution is -0.00795. The maximum atomic E-state index is 10.7. The van der Waals surface area contributed by atoms with Gasteiger partial charge in [-0.2, -0.15) is 13.0 Å². The Morgan fingerprint density at radius 3 is 2.23 bits per heavy atom. The Balaban J connectivity index is 4.59. The highest BCUT2D eigenvalue weighted by atomic mass is 32.2. The second-order valence-electron chi connectivity index (χ2n) is 1.83. The molecule has 1 atom stereocenters. The van der Waals surface area contributed by atoms with E-state index in [-0.39, 0.29) is 11.0 Å². The normalized spacial score (nSPS) is 17.3. The van der Waals surface area contributed by atoms with E-state index in [1.165, 1.54) is 6.92 Å². The second kappa shape index (κ2) is 4.47. The summed E-state index contributed by atoms with van der Waals surface area (Å²) in [7, 11) is -8.26. The van der Waals surface area contributed by atoms with Crippen LogP contribution in [0.5, 0.6) is 0 Å². The van der Waals surface area contributed by atoms with Crippen molar-refractivity contribution in [3.63, 3.8) is 0 Å². The van der Waals surface area contributed by atoms with E-state index in [1.807, 2.05) is 0 Å². The fourth-order valence-corrected chi connectivity index (χ4v) is 1.74. The average Bonchev–Trinajstić information content (AvgIpc) is 1.98. The smallest absolute Gasteiger partial charge is 0.301 e. The first kappa shape index (κ1) is 13.0. The van der Waals surface area contributed by atoms with Crippen molar-refractivity contribution in [3.05, 3.63) is 0 Å². The van der Waals surface area contributed by atoms with Crippen molar-refractivity contribution < 1.29 is 31.6 Å². The van der Waals surface area contributed by atoms with Crippen molar-refractivity contribution in [2.75, 3.05) is 13.7 Å². The summed E-state index contributed by atoms with van der Waals surface area (Å²) >= 11 is 0. The number of nitrogens with zero attached hydrogens (tertiary/aromatic N) is 1. The van der Waals surface area contributed by atoms with Crippen LogP contribution in [0.25, 0.3) is 0 Å². The van der Waals surface area contributed by atoms with Gasteiger partial charge in [0, 0.05) is 13.7 Å². The SMILES string of the molecule is CCN(OP(=O)(O)OC)S(=O)(=O)O. The maximum absolute atomic E-state index is 10.7. The molecule has 0 spiro atoms. The van der Waals surface area contributed by atoms with Gasteiger partial charge in [-0.05, 0) is 11.4 Å². The molecular formula is C3H10NO7PS. The lowest BCUT2D eigenvalue weighted by atomic mass is 10.8. The van der Waals surface area contributed by atoms with Gasteiger partial charge in [0.2, 0.25) is 0 Å². The molecule has 0 heterocycles. The maximum Gasteiger partial charge on any atom is 0.489 e. The molecule has 0 radical (unpaired) electrons. The van der Waals surface area contributed by atoms with E-state index in [9.17, 15) is 13.0 Å². The number of phosphoric acid groups is 1. The summed E-state index contributed by atoms with van der Waals surface area (Å²) in [5.74, 6) is 0. The predicted molar refractivity (Wildman–Crippen MR) is 41.8 cm³/mol. The van der Waals surface area contributed by atoms with E-state index in [2.05, 4.69) is 9.15 Å². The van der Waals surface area contributed by atoms with E-state index in [0.717, 1.165) is 7.11 Å². The lowest BCUT2D eigenvalue weighted by Crippen LogP contribution is -2.29. The van der Waals surface area contributed by atoms with Crippen LogP contribution in [-0.2, 0) is 24.0 Å². The molecule has 0 aromatic rings. The molecule has 2 N–H and O–H groups in total. The first-order valence-corrected chi connectivity index (χ1v) is 5.95. The van der Waals surface area contributed by atoms with Gasteiger partial charge in [0.15, 0.2) is 0 Å². The van der Waals surface area contributed by atoms with Crippen molar-refractivity contribution in [2.45, 2.75) is 6.92 Å². The van der Waals surface area contributed by atoms with Gasteiger partial charge in [-0.25, -0.2) is 4.57 Å². The van der Waals surface area contributed by atoms with Crippen molar-refractivity contribution in [2.24, 2.45) is 0 Å². The number of hydrogen-bond donors (Lipinski definition) is 2. The molecule has 13 heavy (non-hydrogen) atoms. The van der Waals surface area contributed by atoms with Gasteiger partial charge < -0.3 is 4.89 Å². The topological polar surface area (TPSA) is 113 Å². The first-order valence-electron chi connectivity index (χ1n) is 3.06. The van der Waals surface area contributed by atoms with Gasteiger partial charge in [0.05, 0.1) is 0 Å². The van der Waals surface area contributed by atoms with E-state index < -0.39 is 18.1 Å². The molecule has 0 rings (SSSR count). The number of rotatable bonds is 5. The first-order chi connectivity index (χ1) is 5.73. The Kier molecular flexibility index (Phi) is 4.46. The third-order valence-corrected chi connectivity index (χ3v) is 2.76. The Morgan fingerprint density at radius 2 is 2.00 bits per heavy atom. The van der Waals surface area contributed by atoms with Crippen LogP contribution in [0, 0.1) is 0 Å². The molecule has 0 aromatic heterocycles. The minimum Gasteiger partial charge on any atom is -0.301 e. The minimum atomic E-state index is -4.66. The zero-order valence-corrected chi connectivity index (χ0v) is 8.66. The summed E-state index contributed by atoms with van der Waals surface area (Å²) in [4.78, 5) is 8.68. The molecule has 0 fully saturated rings. The summed E-state index contributed by atoms with van der Waals surface area (Å²) in [6.07, 6.45) is 0. The Morgan fingerprint density at radius 1 is 1.54 bits per heavy atom. The van der Waals surface area contributed by atoms with Crippen LogP contribution in [0.4, 0.5) is 0 Å². The van der Waals surface area contributed by atoms with E-state index in [0.29, 0.717) is 0 Å². The molecule has 0 amide bonds. The van der Waals surface area contributed by atoms with Gasteiger partial charge >= 0.3 is 18.1 Å². The van der Waals surface area contributed by atoms with E-state index in [1.54, 1.807) is 0 Å². The molecule has 1 unspecified atom stereocenters. The summed E-state index contributed by atoms with van der Waals surface area (Å²) < 4.78 is 47.8. The highest BCUT2D eigenvalue weighted by Crippen LogP contribution is 2.43. The molecular weight excluding hydrogens is 225 g/mol. The van der Waals surface area contributed by atoms with Gasteiger partial charge in [-0.15, -0.1) is 0 Å². The zero-order chi connectivity index (χ0) is 10.7. The van der Waals surface area contributed by atoms with Gasteiger partial charge in [0.25, 0.3) is 0 Å². The van der Waals surface area contributed by atoms with Crippen LogP contribution >= 0.6 is 7.82 Å². The zero-order valence-electron chi connectivity index (χ0n) is 6.95. The summed E-state index contributed by atoms with van der Waals surface area (Å²) in [5.41, 5.74) is 0. The van der Waals surface area contributed by atoms with Gasteiger partial charge in [0.1, 0.15) is 0 Å². The van der Waals surface area contributed by atoms with Crippen LogP contribution in [0.15, 0.2) is 0 Å². The fraction of sp³-hybridized carbons (Fsp3) is 1.00. The molecule has 0 aromatic carbocycles. The molecule has 8 nitrogen and oxygen atoms in total. The van der Waals surface area contributed by atoms with Crippen molar-refractivity contribution in [3.8, 4) is 0 Å². The molecule has 10 heteroatoms. The largest absolute Gasteiger partial charge is 0.489 e. The Hall–Kier alpha value is -0.0200. The monoisotopic (exact) mass is 235 g/mol. The Bertz CT molecular complexity index is 299. The van der Waals surface area contributed by atoms with Crippen LogP contribution in [-0.4, -0.2) is 36.0 Å². The standard InChI is InChI=1S/C3H10NO7PS/c1-3-4(13(7,8)9)11-12(5,6)10-2/h3H2,1-2H3,(H,5,6)(H,7,8,9). The van der Waals surface area contributed by atoms with Crippen LogP contribution in [0.3, 0.4) is 0 Å². The third kappa shape index (κ3) is 4.67. The molecule has 0 saturated heterocycles. The van der Waals surface area contributed by atoms with E-state index in [4.69, 9.17) is 9.45 Å². The summed E-state index contributed by atoms with van der Waals surface area (Å²) in [5, 5.41) is 0. The van der Waals surface area contributed by atoms with Crippen molar-refractivity contribution >= 4 is 18.1 Å². The molecule has 0 bridgehead atoms. The predicted octanol–water partition coefficient (Wildman–Crippen LogP) is -0.211. The Labute approximate surface area is 75.5 Å². The van der Waals surface area contributed by atoms with Crippen LogP contribution in [0.1, 0.15) is 6.92 Å². The highest BCUT2D eigenvalue weighted by Gasteiger charge is 2.29. The highest BCUT2D eigenvalue weighted by molar-refractivity contribution is 7.83. The summed E-state index contributed by atoms with van der Waals surface area (Å²) in [6.45, 7) is 0.968. The number of hydroxylamine groups is 1. The number of phosphoric ester groups is 1. The molecule has 0 aliphatic carbocycles. The van der Waals surface area contributed by atoms with Crippen molar-refractivity contribution in [1.82, 2.24) is 4.47 Å². The second-order valence-corrected chi connectivity index (χ2v) is 4.60. The van der Waals surface area contributed by atoms with Gasteiger partial charge in [-0.1, -0.05) is 0 Å². The lowest BCUT2D eigenvalue weighted by Gasteiger charge is -2.17. The van der Waals surface area contributed by atoms with Crippen LogP contribution < -0.4 is 0 Å². The molecule has 80 valence electrons. The van der Waals surface area contributed by atoms with E-state index >= 15 is 0 Å². The summed E-state index contributed by atoms with van der Waals surface area (Å²) in [6, 6.07) is 0. The minimum absolute atomic E-state index is 0.0583.